The number of benzene rings is 1. The van der Waals surface area contributed by atoms with Crippen molar-refractivity contribution < 1.29 is 0 Å². The first kappa shape index (κ1) is 17.1. The van der Waals surface area contributed by atoms with Crippen molar-refractivity contribution in [1.82, 2.24) is 20.2 Å². The van der Waals surface area contributed by atoms with Crippen LogP contribution in [0.3, 0.4) is 0 Å². The summed E-state index contributed by atoms with van der Waals surface area (Å²) in [6.45, 7) is 7.14. The Morgan fingerprint density at radius 3 is 2.65 bits per heavy atom. The molecule has 1 heterocycles. The third kappa shape index (κ3) is 5.43. The molecule has 2 aromatic rings. The summed E-state index contributed by atoms with van der Waals surface area (Å²) >= 11 is 0. The highest BCUT2D eigenvalue weighted by Gasteiger charge is 2.20. The van der Waals surface area contributed by atoms with Crippen LogP contribution in [0.2, 0.25) is 0 Å². The van der Waals surface area contributed by atoms with Gasteiger partial charge in [0, 0.05) is 44.5 Å². The monoisotopic (exact) mass is 313 g/mol. The van der Waals surface area contributed by atoms with Crippen LogP contribution in [0, 0.1) is 0 Å². The smallest absolute Gasteiger partial charge is 0.191 e. The molecule has 0 aliphatic heterocycles. The van der Waals surface area contributed by atoms with Crippen LogP contribution in [-0.2, 0) is 12.0 Å². The van der Waals surface area contributed by atoms with Gasteiger partial charge in [-0.05, 0) is 12.0 Å². The summed E-state index contributed by atoms with van der Waals surface area (Å²) < 4.78 is 2.08. The van der Waals surface area contributed by atoms with Crippen molar-refractivity contribution in [3.63, 3.8) is 0 Å². The molecule has 23 heavy (non-hydrogen) atoms. The quantitative estimate of drug-likeness (QED) is 0.469. The summed E-state index contributed by atoms with van der Waals surface area (Å²) in [6.07, 6.45) is 6.66. The average molecular weight is 313 g/mol. The van der Waals surface area contributed by atoms with E-state index in [1.54, 1.807) is 13.2 Å². The SMILES string of the molecule is CN=C(NCCCn1ccnc1)NCC(C)(C)c1ccccc1. The Kier molecular flexibility index (Phi) is 6.20. The summed E-state index contributed by atoms with van der Waals surface area (Å²) in [5.74, 6) is 0.847. The second-order valence-electron chi connectivity index (χ2n) is 6.26. The van der Waals surface area contributed by atoms with Gasteiger partial charge in [-0.1, -0.05) is 44.2 Å². The van der Waals surface area contributed by atoms with Crippen molar-refractivity contribution in [3.8, 4) is 0 Å². The molecule has 0 saturated carbocycles. The van der Waals surface area contributed by atoms with Crippen molar-refractivity contribution in [2.45, 2.75) is 32.2 Å². The van der Waals surface area contributed by atoms with E-state index < -0.39 is 0 Å². The fourth-order valence-corrected chi connectivity index (χ4v) is 2.40. The summed E-state index contributed by atoms with van der Waals surface area (Å²) in [7, 11) is 1.81. The van der Waals surface area contributed by atoms with Gasteiger partial charge in [-0.3, -0.25) is 4.99 Å². The van der Waals surface area contributed by atoms with Crippen LogP contribution in [-0.4, -0.2) is 35.6 Å². The number of nitrogens with one attached hydrogen (secondary N) is 2. The van der Waals surface area contributed by atoms with Gasteiger partial charge in [0.1, 0.15) is 0 Å². The summed E-state index contributed by atoms with van der Waals surface area (Å²) in [4.78, 5) is 8.34. The molecule has 0 spiro atoms. The fraction of sp³-hybridized carbons (Fsp3) is 0.444. The van der Waals surface area contributed by atoms with E-state index in [1.165, 1.54) is 5.56 Å². The Balaban J connectivity index is 1.74. The normalized spacial score (nSPS) is 12.2. The molecule has 0 bridgehead atoms. The highest BCUT2D eigenvalue weighted by atomic mass is 15.2. The van der Waals surface area contributed by atoms with E-state index in [9.17, 15) is 0 Å². The van der Waals surface area contributed by atoms with Crippen molar-refractivity contribution >= 4 is 5.96 Å². The first-order valence-electron chi connectivity index (χ1n) is 8.07. The Bertz CT molecular complexity index is 587. The predicted octanol–water partition coefficient (Wildman–Crippen LogP) is 2.42. The zero-order valence-electron chi connectivity index (χ0n) is 14.3. The minimum atomic E-state index is 0.0513. The maximum Gasteiger partial charge on any atom is 0.191 e. The highest BCUT2D eigenvalue weighted by molar-refractivity contribution is 5.79. The molecule has 1 aromatic heterocycles. The lowest BCUT2D eigenvalue weighted by Gasteiger charge is -2.26. The van der Waals surface area contributed by atoms with E-state index in [0.29, 0.717) is 0 Å². The van der Waals surface area contributed by atoms with Crippen molar-refractivity contribution in [2.24, 2.45) is 4.99 Å². The van der Waals surface area contributed by atoms with E-state index in [1.807, 2.05) is 18.6 Å². The molecule has 124 valence electrons. The lowest BCUT2D eigenvalue weighted by Crippen LogP contribution is -2.43. The van der Waals surface area contributed by atoms with Crippen molar-refractivity contribution in [2.75, 3.05) is 20.1 Å². The minimum Gasteiger partial charge on any atom is -0.356 e. The third-order valence-electron chi connectivity index (χ3n) is 3.92. The maximum absolute atomic E-state index is 4.29. The van der Waals surface area contributed by atoms with Gasteiger partial charge in [0.05, 0.1) is 6.33 Å². The number of aromatic nitrogens is 2. The maximum atomic E-state index is 4.29. The summed E-state index contributed by atoms with van der Waals surface area (Å²) in [5.41, 5.74) is 1.37. The van der Waals surface area contributed by atoms with Crippen LogP contribution in [0.4, 0.5) is 0 Å². The number of hydrogen-bond acceptors (Lipinski definition) is 2. The molecule has 0 amide bonds. The average Bonchev–Trinajstić information content (AvgIpc) is 3.08. The second kappa shape index (κ2) is 8.36. The van der Waals surface area contributed by atoms with Gasteiger partial charge in [0.15, 0.2) is 5.96 Å². The van der Waals surface area contributed by atoms with Crippen LogP contribution in [0.15, 0.2) is 54.0 Å². The molecule has 0 fully saturated rings. The van der Waals surface area contributed by atoms with E-state index in [2.05, 4.69) is 63.3 Å². The zero-order chi connectivity index (χ0) is 16.5. The van der Waals surface area contributed by atoms with Gasteiger partial charge in [-0.25, -0.2) is 4.98 Å². The topological polar surface area (TPSA) is 54.2 Å². The fourth-order valence-electron chi connectivity index (χ4n) is 2.40. The number of nitrogens with zero attached hydrogens (tertiary/aromatic N) is 3. The first-order valence-corrected chi connectivity index (χ1v) is 8.07. The van der Waals surface area contributed by atoms with Gasteiger partial charge < -0.3 is 15.2 Å². The van der Waals surface area contributed by atoms with Gasteiger partial charge in [0.25, 0.3) is 0 Å². The van der Waals surface area contributed by atoms with Crippen molar-refractivity contribution in [1.29, 1.82) is 0 Å². The minimum absolute atomic E-state index is 0.0513. The number of aryl methyl sites for hydroxylation is 1. The van der Waals surface area contributed by atoms with Crippen LogP contribution in [0.25, 0.3) is 0 Å². The lowest BCUT2D eigenvalue weighted by molar-refractivity contribution is 0.507. The zero-order valence-corrected chi connectivity index (χ0v) is 14.3. The van der Waals surface area contributed by atoms with Crippen LogP contribution < -0.4 is 10.6 Å². The van der Waals surface area contributed by atoms with Gasteiger partial charge in [-0.15, -0.1) is 0 Å². The molecule has 0 unspecified atom stereocenters. The van der Waals surface area contributed by atoms with Crippen molar-refractivity contribution in [3.05, 3.63) is 54.6 Å². The third-order valence-corrected chi connectivity index (χ3v) is 3.92. The Labute approximate surface area is 138 Å². The number of aliphatic imine (C=N–C) groups is 1. The molecule has 0 saturated heterocycles. The molecule has 0 aliphatic rings. The molecule has 2 N–H and O–H groups in total. The Morgan fingerprint density at radius 1 is 1.22 bits per heavy atom. The first-order chi connectivity index (χ1) is 11.1. The van der Waals surface area contributed by atoms with E-state index >= 15 is 0 Å². The standard InChI is InChI=1S/C18H27N5/c1-18(2,16-8-5-4-6-9-16)14-22-17(19-3)21-10-7-12-23-13-11-20-15-23/h4-6,8-9,11,13,15H,7,10,12,14H2,1-3H3,(H2,19,21,22). The van der Waals surface area contributed by atoms with Gasteiger partial charge in [-0.2, -0.15) is 0 Å². The Morgan fingerprint density at radius 2 is 2.00 bits per heavy atom. The number of rotatable bonds is 7. The lowest BCUT2D eigenvalue weighted by atomic mass is 9.85. The van der Waals surface area contributed by atoms with Crippen LogP contribution >= 0.6 is 0 Å². The molecule has 2 rings (SSSR count). The summed E-state index contributed by atoms with van der Waals surface area (Å²) in [6, 6.07) is 10.6. The molecule has 0 aliphatic carbocycles. The molecular formula is C18H27N5. The number of hydrogen-bond donors (Lipinski definition) is 2. The Hall–Kier alpha value is -2.30. The molecule has 0 atom stereocenters. The number of guanidine groups is 1. The molecule has 1 aromatic carbocycles. The molecular weight excluding hydrogens is 286 g/mol. The predicted molar refractivity (Wildman–Crippen MR) is 95.7 cm³/mol. The largest absolute Gasteiger partial charge is 0.356 e. The number of imidazole rings is 1. The van der Waals surface area contributed by atoms with E-state index in [0.717, 1.165) is 32.0 Å². The van der Waals surface area contributed by atoms with Crippen LogP contribution in [0.1, 0.15) is 25.8 Å². The van der Waals surface area contributed by atoms with Gasteiger partial charge >= 0.3 is 0 Å². The highest BCUT2D eigenvalue weighted by Crippen LogP contribution is 2.21. The molecule has 5 nitrogen and oxygen atoms in total. The molecule has 0 radical (unpaired) electrons. The van der Waals surface area contributed by atoms with Gasteiger partial charge in [0.2, 0.25) is 0 Å². The van der Waals surface area contributed by atoms with E-state index in [4.69, 9.17) is 0 Å². The van der Waals surface area contributed by atoms with Crippen LogP contribution in [0.5, 0.6) is 0 Å². The van der Waals surface area contributed by atoms with E-state index in [-0.39, 0.29) is 5.41 Å². The summed E-state index contributed by atoms with van der Waals surface area (Å²) in [5, 5.41) is 6.78. The molecule has 5 heteroatoms. The second-order valence-corrected chi connectivity index (χ2v) is 6.26.